The number of nitrogens with zero attached hydrogens (tertiary/aromatic N) is 1. The van der Waals surface area contributed by atoms with E-state index in [4.69, 9.17) is 9.15 Å². The molecule has 1 aromatic heterocycles. The second-order valence-corrected chi connectivity index (χ2v) is 7.48. The summed E-state index contributed by atoms with van der Waals surface area (Å²) in [5.74, 6) is 0.572. The summed E-state index contributed by atoms with van der Waals surface area (Å²) in [5.41, 5.74) is 0.699. The zero-order valence-corrected chi connectivity index (χ0v) is 16.2. The largest absolute Gasteiger partial charge is 0.507 e. The molecule has 0 radical (unpaired) electrons. The molecular weight excluding hydrogens is 370 g/mol. The van der Waals surface area contributed by atoms with Gasteiger partial charge in [0.2, 0.25) is 0 Å². The highest BCUT2D eigenvalue weighted by atomic mass is 16.5. The number of phenols is 1. The fourth-order valence-corrected chi connectivity index (χ4v) is 3.76. The predicted molar refractivity (Wildman–Crippen MR) is 111 cm³/mol. The molecule has 2 heterocycles. The fourth-order valence-electron chi connectivity index (χ4n) is 3.76. The maximum absolute atomic E-state index is 12.5. The molecule has 152 valence electrons. The molecule has 0 bridgehead atoms. The van der Waals surface area contributed by atoms with E-state index >= 15 is 0 Å². The average molecular weight is 395 g/mol. The van der Waals surface area contributed by atoms with Crippen LogP contribution in [0.4, 0.5) is 0 Å². The molecule has 2 aromatic carbocycles. The third-order valence-corrected chi connectivity index (χ3v) is 5.20. The van der Waals surface area contributed by atoms with Gasteiger partial charge in [-0.3, -0.25) is 4.79 Å². The van der Waals surface area contributed by atoms with Crippen molar-refractivity contribution in [1.82, 2.24) is 4.90 Å². The Hall–Kier alpha value is -2.83. The van der Waals surface area contributed by atoms with Gasteiger partial charge in [0.25, 0.3) is 0 Å². The van der Waals surface area contributed by atoms with Crippen molar-refractivity contribution in [2.24, 2.45) is 0 Å². The lowest BCUT2D eigenvalue weighted by molar-refractivity contribution is 0.0617. The summed E-state index contributed by atoms with van der Waals surface area (Å²) in [5, 5.41) is 20.7. The Bertz CT molecular complexity index is 1020. The van der Waals surface area contributed by atoms with Crippen LogP contribution in [-0.2, 0) is 0 Å². The van der Waals surface area contributed by atoms with E-state index in [1.165, 1.54) is 18.6 Å². The lowest BCUT2D eigenvalue weighted by Crippen LogP contribution is -2.38. The van der Waals surface area contributed by atoms with Gasteiger partial charge in [0.05, 0.1) is 0 Å². The first-order valence-electron chi connectivity index (χ1n) is 9.99. The second kappa shape index (κ2) is 8.68. The van der Waals surface area contributed by atoms with Crippen LogP contribution in [0.15, 0.2) is 57.7 Å². The molecule has 3 aromatic rings. The lowest BCUT2D eigenvalue weighted by Gasteiger charge is -2.28. The number of benzene rings is 2. The summed E-state index contributed by atoms with van der Waals surface area (Å²) >= 11 is 0. The van der Waals surface area contributed by atoms with Gasteiger partial charge in [-0.2, -0.15) is 0 Å². The molecule has 1 aliphatic rings. The van der Waals surface area contributed by atoms with E-state index in [9.17, 15) is 15.0 Å². The van der Waals surface area contributed by atoms with Crippen LogP contribution in [0.25, 0.3) is 22.3 Å². The number of hydrogen-bond donors (Lipinski definition) is 2. The Morgan fingerprint density at radius 2 is 1.83 bits per heavy atom. The van der Waals surface area contributed by atoms with Crippen LogP contribution in [-0.4, -0.2) is 47.5 Å². The molecule has 1 saturated heterocycles. The fraction of sp³-hybridized carbons (Fsp3) is 0.348. The van der Waals surface area contributed by atoms with E-state index in [-0.39, 0.29) is 28.8 Å². The molecule has 29 heavy (non-hydrogen) atoms. The van der Waals surface area contributed by atoms with Gasteiger partial charge in [-0.25, -0.2) is 0 Å². The Labute approximate surface area is 169 Å². The number of aliphatic hydroxyl groups excluding tert-OH is 1. The van der Waals surface area contributed by atoms with Crippen molar-refractivity contribution in [1.29, 1.82) is 0 Å². The number of ether oxygens (including phenoxy) is 1. The van der Waals surface area contributed by atoms with Crippen LogP contribution >= 0.6 is 0 Å². The van der Waals surface area contributed by atoms with Crippen molar-refractivity contribution >= 4 is 11.0 Å². The summed E-state index contributed by atoms with van der Waals surface area (Å²) in [6.45, 7) is 2.67. The summed E-state index contributed by atoms with van der Waals surface area (Å²) in [7, 11) is 0. The van der Waals surface area contributed by atoms with Gasteiger partial charge in [-0.1, -0.05) is 36.8 Å². The minimum atomic E-state index is -0.631. The van der Waals surface area contributed by atoms with Crippen molar-refractivity contribution < 1.29 is 19.4 Å². The summed E-state index contributed by atoms with van der Waals surface area (Å²) in [6, 6.07) is 13.6. The van der Waals surface area contributed by atoms with Crippen LogP contribution in [0.2, 0.25) is 0 Å². The number of phenolic OH excluding ortho intramolecular Hbond substituents is 1. The highest BCUT2D eigenvalue weighted by Gasteiger charge is 2.17. The predicted octanol–water partition coefficient (Wildman–Crippen LogP) is 3.39. The van der Waals surface area contributed by atoms with Crippen LogP contribution in [0.3, 0.4) is 0 Å². The first-order chi connectivity index (χ1) is 14.1. The summed E-state index contributed by atoms with van der Waals surface area (Å²) in [6.07, 6.45) is 2.94. The quantitative estimate of drug-likeness (QED) is 0.666. The van der Waals surface area contributed by atoms with Crippen LogP contribution < -0.4 is 10.2 Å². The van der Waals surface area contributed by atoms with Crippen LogP contribution in [0.1, 0.15) is 19.3 Å². The number of fused-ring (bicyclic) bond motifs is 1. The number of hydrogen-bond acceptors (Lipinski definition) is 6. The van der Waals surface area contributed by atoms with E-state index in [2.05, 4.69) is 4.90 Å². The zero-order chi connectivity index (χ0) is 20.2. The summed E-state index contributed by atoms with van der Waals surface area (Å²) in [4.78, 5) is 14.7. The minimum absolute atomic E-state index is 0.101. The van der Waals surface area contributed by atoms with Crippen molar-refractivity contribution in [3.05, 3.63) is 58.8 Å². The van der Waals surface area contributed by atoms with Gasteiger partial charge >= 0.3 is 0 Å². The van der Waals surface area contributed by atoms with Crippen molar-refractivity contribution in [2.75, 3.05) is 26.2 Å². The number of rotatable bonds is 6. The Kier molecular flexibility index (Phi) is 5.83. The standard InChI is InChI=1S/C23H25NO5/c25-17(14-24-9-5-2-6-10-24)15-28-18-11-19(26)23-20(27)13-21(29-22(23)12-18)16-7-3-1-4-8-16/h1,3-4,7-8,11-13,17,25-26H,2,5-6,9-10,14-15H2. The number of aliphatic hydroxyl groups is 1. The minimum Gasteiger partial charge on any atom is -0.507 e. The van der Waals surface area contributed by atoms with Crippen LogP contribution in [0, 0.1) is 0 Å². The molecule has 1 aliphatic heterocycles. The molecule has 0 saturated carbocycles. The van der Waals surface area contributed by atoms with Gasteiger partial charge < -0.3 is 24.3 Å². The number of likely N-dealkylation sites (tertiary alicyclic amines) is 1. The van der Waals surface area contributed by atoms with Crippen LogP contribution in [0.5, 0.6) is 11.5 Å². The highest BCUT2D eigenvalue weighted by Crippen LogP contribution is 2.31. The normalized spacial score (nSPS) is 16.0. The van der Waals surface area contributed by atoms with E-state index in [1.807, 2.05) is 30.3 Å². The SMILES string of the molecule is O=c1cc(-c2ccccc2)oc2cc(OCC(O)CN3CCCCC3)cc(O)c12. The molecule has 0 amide bonds. The molecule has 1 fully saturated rings. The Morgan fingerprint density at radius 3 is 2.59 bits per heavy atom. The smallest absolute Gasteiger partial charge is 0.197 e. The third kappa shape index (κ3) is 4.60. The van der Waals surface area contributed by atoms with Gasteiger partial charge in [0, 0.05) is 30.3 Å². The molecular formula is C23H25NO5. The summed E-state index contributed by atoms with van der Waals surface area (Å²) < 4.78 is 11.6. The first kappa shape index (κ1) is 19.5. The number of piperidine rings is 1. The van der Waals surface area contributed by atoms with Gasteiger partial charge in [0.15, 0.2) is 5.43 Å². The molecule has 6 heteroatoms. The second-order valence-electron chi connectivity index (χ2n) is 7.48. The van der Waals surface area contributed by atoms with Gasteiger partial charge in [-0.05, 0) is 25.9 Å². The van der Waals surface area contributed by atoms with E-state index in [0.29, 0.717) is 18.1 Å². The molecule has 1 atom stereocenters. The molecule has 1 unspecified atom stereocenters. The third-order valence-electron chi connectivity index (χ3n) is 5.20. The molecule has 6 nitrogen and oxygen atoms in total. The molecule has 4 rings (SSSR count). The van der Waals surface area contributed by atoms with E-state index in [0.717, 1.165) is 31.5 Å². The van der Waals surface area contributed by atoms with E-state index < -0.39 is 6.10 Å². The molecule has 0 spiro atoms. The van der Waals surface area contributed by atoms with Gasteiger partial charge in [0.1, 0.15) is 40.9 Å². The topological polar surface area (TPSA) is 83.1 Å². The van der Waals surface area contributed by atoms with E-state index in [1.54, 1.807) is 6.07 Å². The Balaban J connectivity index is 1.53. The molecule has 0 aliphatic carbocycles. The Morgan fingerprint density at radius 1 is 1.07 bits per heavy atom. The maximum Gasteiger partial charge on any atom is 0.197 e. The highest BCUT2D eigenvalue weighted by molar-refractivity contribution is 5.86. The maximum atomic E-state index is 12.5. The van der Waals surface area contributed by atoms with Crippen molar-refractivity contribution in [2.45, 2.75) is 25.4 Å². The zero-order valence-electron chi connectivity index (χ0n) is 16.2. The average Bonchev–Trinajstić information content (AvgIpc) is 2.73. The number of aromatic hydroxyl groups is 1. The van der Waals surface area contributed by atoms with Gasteiger partial charge in [-0.15, -0.1) is 0 Å². The van der Waals surface area contributed by atoms with Crippen molar-refractivity contribution in [3.8, 4) is 22.8 Å². The van der Waals surface area contributed by atoms with Crippen molar-refractivity contribution in [3.63, 3.8) is 0 Å². The lowest BCUT2D eigenvalue weighted by atomic mass is 10.1. The monoisotopic (exact) mass is 395 g/mol. The first-order valence-corrected chi connectivity index (χ1v) is 9.99. The molecule has 2 N–H and O–H groups in total. The number of β-amino-alcohol motifs (C(OH)–C–C–N with tert-alkyl or cyclic N) is 1.